The fourth-order valence-electron chi connectivity index (χ4n) is 1.10. The Morgan fingerprint density at radius 1 is 1.43 bits per heavy atom. The van der Waals surface area contributed by atoms with Gasteiger partial charge in [0.05, 0.1) is 18.3 Å². The number of aromatic nitrogens is 2. The SMILES string of the molecule is CCOC(=O)CSc1nnc(NC(=O)C(C)C(C)N)s1.Cl. The van der Waals surface area contributed by atoms with Crippen LogP contribution < -0.4 is 11.1 Å². The Kier molecular flexibility index (Phi) is 9.51. The summed E-state index contributed by atoms with van der Waals surface area (Å²) in [4.78, 5) is 23.0. The van der Waals surface area contributed by atoms with Crippen molar-refractivity contribution in [2.75, 3.05) is 17.7 Å². The number of amides is 1. The lowest BCUT2D eigenvalue weighted by Gasteiger charge is -2.13. The van der Waals surface area contributed by atoms with Gasteiger partial charge in [0.1, 0.15) is 0 Å². The van der Waals surface area contributed by atoms with Crippen LogP contribution in [0.1, 0.15) is 20.8 Å². The fourth-order valence-corrected chi connectivity index (χ4v) is 2.65. The second-order valence-corrected chi connectivity index (χ2v) is 6.30. The molecule has 0 aliphatic heterocycles. The molecule has 1 rings (SSSR count). The van der Waals surface area contributed by atoms with Crippen molar-refractivity contribution in [1.29, 1.82) is 0 Å². The van der Waals surface area contributed by atoms with Gasteiger partial charge in [-0.05, 0) is 13.8 Å². The van der Waals surface area contributed by atoms with Crippen LogP contribution in [0.5, 0.6) is 0 Å². The first-order chi connectivity index (χ1) is 9.43. The van der Waals surface area contributed by atoms with Gasteiger partial charge in [0, 0.05) is 6.04 Å². The highest BCUT2D eigenvalue weighted by Gasteiger charge is 2.18. The molecule has 1 heterocycles. The zero-order valence-corrected chi connectivity index (χ0v) is 14.4. The number of thioether (sulfide) groups is 1. The van der Waals surface area contributed by atoms with Crippen molar-refractivity contribution in [2.45, 2.75) is 31.2 Å². The van der Waals surface area contributed by atoms with Gasteiger partial charge in [-0.1, -0.05) is 30.0 Å². The zero-order chi connectivity index (χ0) is 15.1. The Bertz CT molecular complexity index is 470. The zero-order valence-electron chi connectivity index (χ0n) is 12.0. The number of ether oxygens (including phenoxy) is 1. The summed E-state index contributed by atoms with van der Waals surface area (Å²) in [6, 6.07) is -0.236. The van der Waals surface area contributed by atoms with Crippen molar-refractivity contribution < 1.29 is 14.3 Å². The van der Waals surface area contributed by atoms with Crippen molar-refractivity contribution in [2.24, 2.45) is 11.7 Å². The maximum absolute atomic E-state index is 11.8. The standard InChI is InChI=1S/C11H18N4O3S2.ClH/c1-4-18-8(16)5-19-11-15-14-10(20-11)13-9(17)6(2)7(3)12;/h6-7H,4-5,12H2,1-3H3,(H,13,14,17);1H. The van der Waals surface area contributed by atoms with Gasteiger partial charge in [0.2, 0.25) is 11.0 Å². The van der Waals surface area contributed by atoms with E-state index < -0.39 is 0 Å². The third-order valence-electron chi connectivity index (χ3n) is 2.46. The lowest BCUT2D eigenvalue weighted by molar-refractivity contribution is -0.139. The molecular weight excluding hydrogens is 336 g/mol. The number of esters is 1. The number of carbonyl (C=O) groups excluding carboxylic acids is 2. The van der Waals surface area contributed by atoms with Gasteiger partial charge in [-0.15, -0.1) is 22.6 Å². The number of nitrogens with zero attached hydrogens (tertiary/aromatic N) is 2. The highest BCUT2D eigenvalue weighted by atomic mass is 35.5. The number of rotatable bonds is 7. The van der Waals surface area contributed by atoms with E-state index in [1.165, 1.54) is 23.1 Å². The second-order valence-electron chi connectivity index (χ2n) is 4.10. The van der Waals surface area contributed by atoms with Crippen LogP contribution in [0.2, 0.25) is 0 Å². The molecule has 0 aromatic carbocycles. The average Bonchev–Trinajstić information content (AvgIpc) is 2.83. The summed E-state index contributed by atoms with van der Waals surface area (Å²) in [5, 5.41) is 10.8. The van der Waals surface area contributed by atoms with Gasteiger partial charge in [-0.3, -0.25) is 9.59 Å². The van der Waals surface area contributed by atoms with E-state index in [9.17, 15) is 9.59 Å². The maximum atomic E-state index is 11.8. The number of nitrogens with two attached hydrogens (primary N) is 1. The Morgan fingerprint density at radius 3 is 2.67 bits per heavy atom. The minimum atomic E-state index is -0.311. The lowest BCUT2D eigenvalue weighted by Crippen LogP contribution is -2.34. The number of hydrogen-bond acceptors (Lipinski definition) is 8. The molecule has 1 aromatic heterocycles. The molecule has 3 N–H and O–H groups in total. The van der Waals surface area contributed by atoms with Crippen LogP contribution in [0.4, 0.5) is 5.13 Å². The molecule has 0 radical (unpaired) electrons. The first kappa shape index (κ1) is 20.1. The third-order valence-corrected chi connectivity index (χ3v) is 4.40. The Morgan fingerprint density at radius 2 is 2.10 bits per heavy atom. The second kappa shape index (κ2) is 9.93. The Labute approximate surface area is 137 Å². The van der Waals surface area contributed by atoms with E-state index in [4.69, 9.17) is 10.5 Å². The summed E-state index contributed by atoms with van der Waals surface area (Å²) < 4.78 is 5.40. The van der Waals surface area contributed by atoms with Crippen molar-refractivity contribution in [1.82, 2.24) is 10.2 Å². The van der Waals surface area contributed by atoms with E-state index in [0.717, 1.165) is 0 Å². The Balaban J connectivity index is 0.00000400. The number of hydrogen-bond donors (Lipinski definition) is 2. The summed E-state index contributed by atoms with van der Waals surface area (Å²) >= 11 is 2.44. The molecular formula is C11H19ClN4O3S2. The predicted molar refractivity (Wildman–Crippen MR) is 86.0 cm³/mol. The predicted octanol–water partition coefficient (Wildman–Crippen LogP) is 1.54. The summed E-state index contributed by atoms with van der Waals surface area (Å²) in [6.45, 7) is 5.62. The smallest absolute Gasteiger partial charge is 0.316 e. The normalized spacial score (nSPS) is 13.0. The topological polar surface area (TPSA) is 107 Å². The van der Waals surface area contributed by atoms with E-state index in [0.29, 0.717) is 16.1 Å². The van der Waals surface area contributed by atoms with Crippen LogP contribution in [0.25, 0.3) is 0 Å². The molecule has 2 unspecified atom stereocenters. The summed E-state index contributed by atoms with van der Waals surface area (Å²) in [7, 11) is 0. The first-order valence-corrected chi connectivity index (χ1v) is 7.92. The van der Waals surface area contributed by atoms with Gasteiger partial charge in [0.15, 0.2) is 4.34 Å². The molecule has 1 aromatic rings. The van der Waals surface area contributed by atoms with E-state index in [1.807, 2.05) is 0 Å². The van der Waals surface area contributed by atoms with E-state index in [1.54, 1.807) is 20.8 Å². The molecule has 1 amide bonds. The van der Waals surface area contributed by atoms with Crippen LogP contribution in [-0.2, 0) is 14.3 Å². The highest BCUT2D eigenvalue weighted by molar-refractivity contribution is 8.01. The minimum absolute atomic E-state index is 0. The monoisotopic (exact) mass is 354 g/mol. The first-order valence-electron chi connectivity index (χ1n) is 6.12. The lowest BCUT2D eigenvalue weighted by atomic mass is 10.0. The molecule has 7 nitrogen and oxygen atoms in total. The van der Waals surface area contributed by atoms with Gasteiger partial charge in [-0.2, -0.15) is 0 Å². The fraction of sp³-hybridized carbons (Fsp3) is 0.636. The average molecular weight is 355 g/mol. The van der Waals surface area contributed by atoms with E-state index in [2.05, 4.69) is 15.5 Å². The van der Waals surface area contributed by atoms with Crippen LogP contribution in [0, 0.1) is 5.92 Å². The minimum Gasteiger partial charge on any atom is -0.465 e. The molecule has 0 fully saturated rings. The molecule has 0 aliphatic rings. The molecule has 0 aliphatic carbocycles. The van der Waals surface area contributed by atoms with Crippen LogP contribution >= 0.6 is 35.5 Å². The molecule has 0 saturated heterocycles. The Hall–Kier alpha value is -0.900. The van der Waals surface area contributed by atoms with E-state index in [-0.39, 0.29) is 42.0 Å². The molecule has 21 heavy (non-hydrogen) atoms. The van der Waals surface area contributed by atoms with E-state index >= 15 is 0 Å². The third kappa shape index (κ3) is 7.07. The summed E-state index contributed by atoms with van der Waals surface area (Å²) in [6.07, 6.45) is 0. The molecule has 0 spiro atoms. The molecule has 2 atom stereocenters. The van der Waals surface area contributed by atoms with Gasteiger partial charge >= 0.3 is 5.97 Å². The summed E-state index contributed by atoms with van der Waals surface area (Å²) in [5.74, 6) is -0.636. The van der Waals surface area contributed by atoms with Crippen molar-refractivity contribution >= 4 is 52.5 Å². The largest absolute Gasteiger partial charge is 0.465 e. The van der Waals surface area contributed by atoms with Crippen molar-refractivity contribution in [3.8, 4) is 0 Å². The molecule has 0 bridgehead atoms. The molecule has 10 heteroatoms. The van der Waals surface area contributed by atoms with Crippen LogP contribution in [0.15, 0.2) is 4.34 Å². The van der Waals surface area contributed by atoms with Crippen molar-refractivity contribution in [3.63, 3.8) is 0 Å². The van der Waals surface area contributed by atoms with Crippen LogP contribution in [0.3, 0.4) is 0 Å². The summed E-state index contributed by atoms with van der Waals surface area (Å²) in [5.41, 5.74) is 5.66. The quantitative estimate of drug-likeness (QED) is 0.434. The number of carbonyl (C=O) groups is 2. The molecule has 0 saturated carbocycles. The number of halogens is 1. The van der Waals surface area contributed by atoms with Gasteiger partial charge < -0.3 is 15.8 Å². The number of nitrogens with one attached hydrogen (secondary N) is 1. The van der Waals surface area contributed by atoms with Crippen molar-refractivity contribution in [3.05, 3.63) is 0 Å². The molecule has 120 valence electrons. The van der Waals surface area contributed by atoms with Gasteiger partial charge in [-0.25, -0.2) is 0 Å². The van der Waals surface area contributed by atoms with Gasteiger partial charge in [0.25, 0.3) is 0 Å². The van der Waals surface area contributed by atoms with Crippen LogP contribution in [-0.4, -0.2) is 40.5 Å². The maximum Gasteiger partial charge on any atom is 0.316 e. The number of anilines is 1. The highest BCUT2D eigenvalue weighted by Crippen LogP contribution is 2.25.